The first-order valence-corrected chi connectivity index (χ1v) is 11.5. The molecule has 2 aliphatic rings. The second-order valence-electron chi connectivity index (χ2n) is 7.48. The van der Waals surface area contributed by atoms with E-state index in [0.717, 1.165) is 41.8 Å². The van der Waals surface area contributed by atoms with Gasteiger partial charge in [-0.15, -0.1) is 0 Å². The molecule has 1 aromatic carbocycles. The highest BCUT2D eigenvalue weighted by Gasteiger charge is 2.39. The Bertz CT molecular complexity index is 892. The number of hydrogen-bond donors (Lipinski definition) is 1. The van der Waals surface area contributed by atoms with Gasteiger partial charge in [-0.2, -0.15) is 17.5 Å². The Labute approximate surface area is 174 Å². The number of nitrogens with zero attached hydrogens (tertiary/aromatic N) is 2. The predicted octanol–water partition coefficient (Wildman–Crippen LogP) is 3.61. The highest BCUT2D eigenvalue weighted by atomic mass is 32.2. The van der Waals surface area contributed by atoms with Gasteiger partial charge in [0.2, 0.25) is 10.0 Å². The van der Waals surface area contributed by atoms with E-state index in [1.807, 2.05) is 0 Å². The van der Waals surface area contributed by atoms with Crippen LogP contribution in [0, 0.1) is 0 Å². The standard InChI is InChI=1S/C20H26F3N3O3S/c21-20(22,23)17-8-4-5-9-18(17)30(28,29)26-14-12-25(13-15-26)19(27)24-11-10-16-6-2-1-3-7-16/h4-6,8-9H,1-3,7,10-15H2,(H,24,27). The van der Waals surface area contributed by atoms with E-state index in [9.17, 15) is 26.4 Å². The van der Waals surface area contributed by atoms with Gasteiger partial charge in [-0.3, -0.25) is 0 Å². The average Bonchev–Trinajstić information content (AvgIpc) is 2.74. The second-order valence-corrected chi connectivity index (χ2v) is 9.38. The predicted molar refractivity (Wildman–Crippen MR) is 106 cm³/mol. The number of urea groups is 1. The van der Waals surface area contributed by atoms with Gasteiger partial charge < -0.3 is 10.2 Å². The summed E-state index contributed by atoms with van der Waals surface area (Å²) in [5, 5.41) is 2.84. The summed E-state index contributed by atoms with van der Waals surface area (Å²) in [6, 6.07) is 3.88. The van der Waals surface area contributed by atoms with Gasteiger partial charge in [0, 0.05) is 32.7 Å². The monoisotopic (exact) mass is 445 g/mol. The minimum absolute atomic E-state index is 0.0485. The van der Waals surface area contributed by atoms with Crippen molar-refractivity contribution >= 4 is 16.1 Å². The lowest BCUT2D eigenvalue weighted by Gasteiger charge is -2.34. The Morgan fingerprint density at radius 3 is 2.40 bits per heavy atom. The highest BCUT2D eigenvalue weighted by molar-refractivity contribution is 7.89. The first kappa shape index (κ1) is 22.6. The topological polar surface area (TPSA) is 69.7 Å². The summed E-state index contributed by atoms with van der Waals surface area (Å²) in [4.78, 5) is 13.1. The molecule has 1 N–H and O–H groups in total. The number of sulfonamides is 1. The smallest absolute Gasteiger partial charge is 0.338 e. The molecule has 0 atom stereocenters. The summed E-state index contributed by atoms with van der Waals surface area (Å²) in [6.07, 6.45) is 2.78. The third kappa shape index (κ3) is 5.34. The lowest BCUT2D eigenvalue weighted by molar-refractivity contribution is -0.139. The number of piperazine rings is 1. The largest absolute Gasteiger partial charge is 0.417 e. The maximum Gasteiger partial charge on any atom is 0.417 e. The first-order chi connectivity index (χ1) is 14.2. The van der Waals surface area contributed by atoms with E-state index in [1.165, 1.54) is 29.4 Å². The van der Waals surface area contributed by atoms with Crippen LogP contribution in [0.3, 0.4) is 0 Å². The van der Waals surface area contributed by atoms with Gasteiger partial charge >= 0.3 is 12.2 Å². The number of benzene rings is 1. The number of rotatable bonds is 5. The zero-order valence-corrected chi connectivity index (χ0v) is 17.4. The van der Waals surface area contributed by atoms with Crippen molar-refractivity contribution in [2.24, 2.45) is 0 Å². The van der Waals surface area contributed by atoms with Crippen molar-refractivity contribution in [3.63, 3.8) is 0 Å². The molecule has 1 aliphatic heterocycles. The molecular weight excluding hydrogens is 419 g/mol. The van der Waals surface area contributed by atoms with Gasteiger partial charge in [0.1, 0.15) is 0 Å². The van der Waals surface area contributed by atoms with E-state index in [2.05, 4.69) is 11.4 Å². The lowest BCUT2D eigenvalue weighted by atomic mass is 9.97. The van der Waals surface area contributed by atoms with Crippen LogP contribution in [0.25, 0.3) is 0 Å². The summed E-state index contributed by atoms with van der Waals surface area (Å²) >= 11 is 0. The quantitative estimate of drug-likeness (QED) is 0.704. The molecule has 166 valence electrons. The zero-order valence-electron chi connectivity index (χ0n) is 16.6. The molecule has 6 nitrogen and oxygen atoms in total. The number of allylic oxidation sites excluding steroid dienone is 1. The Hall–Kier alpha value is -2.07. The fourth-order valence-electron chi connectivity index (χ4n) is 3.77. The minimum atomic E-state index is -4.76. The molecular formula is C20H26F3N3O3S. The summed E-state index contributed by atoms with van der Waals surface area (Å²) in [5.41, 5.74) is 0.169. The van der Waals surface area contributed by atoms with Gasteiger partial charge in [0.15, 0.2) is 0 Å². The second kappa shape index (κ2) is 9.38. The molecule has 0 saturated carbocycles. The molecule has 1 aromatic rings. The van der Waals surface area contributed by atoms with E-state index in [-0.39, 0.29) is 32.2 Å². The van der Waals surface area contributed by atoms with Crippen molar-refractivity contribution in [1.82, 2.24) is 14.5 Å². The van der Waals surface area contributed by atoms with Crippen molar-refractivity contribution in [2.75, 3.05) is 32.7 Å². The van der Waals surface area contributed by atoms with Crippen LogP contribution >= 0.6 is 0 Å². The van der Waals surface area contributed by atoms with Gasteiger partial charge in [-0.1, -0.05) is 23.8 Å². The number of halogens is 3. The van der Waals surface area contributed by atoms with Crippen LogP contribution in [0.2, 0.25) is 0 Å². The third-order valence-corrected chi connectivity index (χ3v) is 7.40. The van der Waals surface area contributed by atoms with Crippen LogP contribution in [-0.4, -0.2) is 56.4 Å². The molecule has 10 heteroatoms. The van der Waals surface area contributed by atoms with E-state index in [4.69, 9.17) is 0 Å². The van der Waals surface area contributed by atoms with Crippen LogP contribution in [0.15, 0.2) is 40.8 Å². The Kier molecular flexibility index (Phi) is 7.07. The van der Waals surface area contributed by atoms with E-state index >= 15 is 0 Å². The number of carbonyl (C=O) groups is 1. The van der Waals surface area contributed by atoms with Gasteiger partial charge in [0.25, 0.3) is 0 Å². The van der Waals surface area contributed by atoms with E-state index in [0.29, 0.717) is 6.54 Å². The van der Waals surface area contributed by atoms with Crippen LogP contribution in [0.1, 0.15) is 37.7 Å². The summed E-state index contributed by atoms with van der Waals surface area (Å²) < 4.78 is 66.2. The Morgan fingerprint density at radius 2 is 1.77 bits per heavy atom. The van der Waals surface area contributed by atoms with Crippen molar-refractivity contribution in [1.29, 1.82) is 0 Å². The molecule has 2 amide bonds. The maximum atomic E-state index is 13.2. The van der Waals surface area contributed by atoms with E-state index in [1.54, 1.807) is 0 Å². The fraction of sp³-hybridized carbons (Fsp3) is 0.550. The first-order valence-electron chi connectivity index (χ1n) is 10.1. The van der Waals surface area contributed by atoms with Crippen molar-refractivity contribution < 1.29 is 26.4 Å². The number of nitrogens with one attached hydrogen (secondary N) is 1. The SMILES string of the molecule is O=C(NCCC1=CCCCC1)N1CCN(S(=O)(=O)c2ccccc2C(F)(F)F)CC1. The summed E-state index contributed by atoms with van der Waals surface area (Å²) in [5.74, 6) is 0. The number of carbonyl (C=O) groups excluding carboxylic acids is 1. The Balaban J connectivity index is 1.56. The van der Waals surface area contributed by atoms with Crippen LogP contribution in [0.5, 0.6) is 0 Å². The van der Waals surface area contributed by atoms with Crippen molar-refractivity contribution in [3.8, 4) is 0 Å². The normalized spacial score (nSPS) is 18.8. The number of hydrogen-bond acceptors (Lipinski definition) is 3. The van der Waals surface area contributed by atoms with Crippen LogP contribution < -0.4 is 5.32 Å². The minimum Gasteiger partial charge on any atom is -0.338 e. The van der Waals surface area contributed by atoms with Crippen LogP contribution in [-0.2, 0) is 16.2 Å². The Morgan fingerprint density at radius 1 is 1.07 bits per heavy atom. The molecule has 0 bridgehead atoms. The number of amides is 2. The molecule has 1 saturated heterocycles. The molecule has 0 radical (unpaired) electrons. The maximum absolute atomic E-state index is 13.2. The number of alkyl halides is 3. The summed E-state index contributed by atoms with van der Waals surface area (Å²) in [7, 11) is -4.31. The van der Waals surface area contributed by atoms with Crippen LogP contribution in [0.4, 0.5) is 18.0 Å². The lowest BCUT2D eigenvalue weighted by Crippen LogP contribution is -2.53. The molecule has 1 aliphatic carbocycles. The van der Waals surface area contributed by atoms with Gasteiger partial charge in [0.05, 0.1) is 10.5 Å². The molecule has 1 heterocycles. The van der Waals surface area contributed by atoms with Gasteiger partial charge in [-0.25, -0.2) is 13.2 Å². The average molecular weight is 446 g/mol. The van der Waals surface area contributed by atoms with E-state index < -0.39 is 26.7 Å². The molecule has 0 unspecified atom stereocenters. The molecule has 0 spiro atoms. The van der Waals surface area contributed by atoms with Crippen molar-refractivity contribution in [3.05, 3.63) is 41.5 Å². The highest BCUT2D eigenvalue weighted by Crippen LogP contribution is 2.35. The summed E-state index contributed by atoms with van der Waals surface area (Å²) in [6.45, 7) is 0.673. The van der Waals surface area contributed by atoms with Crippen molar-refractivity contribution in [2.45, 2.75) is 43.2 Å². The molecule has 3 rings (SSSR count). The fourth-order valence-corrected chi connectivity index (χ4v) is 5.40. The zero-order chi connectivity index (χ0) is 21.8. The molecule has 0 aromatic heterocycles. The molecule has 1 fully saturated rings. The van der Waals surface area contributed by atoms with Gasteiger partial charge in [-0.05, 0) is 44.2 Å². The molecule has 30 heavy (non-hydrogen) atoms. The third-order valence-electron chi connectivity index (χ3n) is 5.44.